The van der Waals surface area contributed by atoms with E-state index >= 15 is 0 Å². The van der Waals surface area contributed by atoms with E-state index in [1.54, 1.807) is 36.4 Å². The van der Waals surface area contributed by atoms with Crippen molar-refractivity contribution in [1.29, 1.82) is 5.26 Å². The molecule has 1 heterocycles. The van der Waals surface area contributed by atoms with Gasteiger partial charge in [-0.25, -0.2) is 4.79 Å². The minimum atomic E-state index is -1.41. The summed E-state index contributed by atoms with van der Waals surface area (Å²) in [4.78, 5) is 23.9. The van der Waals surface area contributed by atoms with Crippen molar-refractivity contribution < 1.29 is 24.2 Å². The Hall–Kier alpha value is -3.01. The lowest BCUT2D eigenvalue weighted by Gasteiger charge is -2.41. The highest BCUT2D eigenvalue weighted by molar-refractivity contribution is 5.93. The van der Waals surface area contributed by atoms with Gasteiger partial charge in [0.2, 0.25) is 5.91 Å². The van der Waals surface area contributed by atoms with Crippen molar-refractivity contribution in [2.24, 2.45) is 11.7 Å². The Balaban J connectivity index is 2.61. The average Bonchev–Trinajstić information content (AvgIpc) is 2.45. The molecule has 0 radical (unpaired) electrons. The molecule has 23 heavy (non-hydrogen) atoms. The normalized spacial score (nSPS) is 19.1. The summed E-state index contributed by atoms with van der Waals surface area (Å²) < 4.78 is 10.1. The molecule has 0 fully saturated rings. The minimum Gasteiger partial charge on any atom is -0.575 e. The molecular weight excluding hydrogens is 300 g/mol. The highest BCUT2D eigenvalue weighted by Crippen LogP contribution is 2.37. The highest BCUT2D eigenvalue weighted by atomic mass is 16.8. The van der Waals surface area contributed by atoms with Gasteiger partial charge in [-0.15, -0.1) is 0 Å². The number of nitriles is 1. The Morgan fingerprint density at radius 2 is 1.91 bits per heavy atom. The van der Waals surface area contributed by atoms with Crippen LogP contribution in [0.15, 0.2) is 41.9 Å². The van der Waals surface area contributed by atoms with Crippen molar-refractivity contribution in [3.05, 3.63) is 47.4 Å². The largest absolute Gasteiger partial charge is 0.575 e. The van der Waals surface area contributed by atoms with Gasteiger partial charge in [-0.3, -0.25) is 4.79 Å². The van der Waals surface area contributed by atoms with Crippen LogP contribution in [0.25, 0.3) is 0 Å². The van der Waals surface area contributed by atoms with Crippen LogP contribution in [0.3, 0.4) is 0 Å². The zero-order chi connectivity index (χ0) is 17.2. The van der Waals surface area contributed by atoms with Gasteiger partial charge in [0.05, 0.1) is 17.6 Å². The molecule has 7 nitrogen and oxygen atoms in total. The third-order valence-corrected chi connectivity index (χ3v) is 3.37. The van der Waals surface area contributed by atoms with Gasteiger partial charge in [0.15, 0.2) is 5.79 Å². The Labute approximate surface area is 132 Å². The fraction of sp³-hybridized carbons (Fsp3) is 0.312. The first-order valence-corrected chi connectivity index (χ1v) is 6.84. The maximum atomic E-state index is 12.3. The predicted molar refractivity (Wildman–Crippen MR) is 75.8 cm³/mol. The first-order chi connectivity index (χ1) is 10.8. The molecule has 120 valence electrons. The molecule has 0 saturated carbocycles. The molecule has 2 rings (SSSR count). The molecule has 0 bridgehead atoms. The molecule has 0 spiro atoms. The van der Waals surface area contributed by atoms with Crippen LogP contribution < -0.4 is 10.8 Å². The zero-order valence-electron chi connectivity index (χ0n) is 12.6. The van der Waals surface area contributed by atoms with Crippen molar-refractivity contribution in [1.82, 2.24) is 0 Å². The summed E-state index contributed by atoms with van der Waals surface area (Å²) in [5.41, 5.74) is 5.26. The van der Waals surface area contributed by atoms with Crippen LogP contribution in [0.1, 0.15) is 25.3 Å². The third-order valence-electron chi connectivity index (χ3n) is 3.37. The topological polar surface area (TPSA) is 125 Å². The average molecular weight is 315 g/mol. The van der Waals surface area contributed by atoms with E-state index in [4.69, 9.17) is 15.2 Å². The number of ether oxygens (including phenoxy) is 2. The smallest absolute Gasteiger partial charge is 0.337 e. The second kappa shape index (κ2) is 6.01. The number of primary amides is 1. The Morgan fingerprint density at radius 3 is 2.39 bits per heavy atom. The third kappa shape index (κ3) is 3.26. The predicted octanol–water partition coefficient (Wildman–Crippen LogP) is 0.277. The van der Waals surface area contributed by atoms with Crippen LogP contribution in [0, 0.1) is 17.2 Å². The molecule has 2 N–H and O–H groups in total. The van der Waals surface area contributed by atoms with Crippen LogP contribution in [0.5, 0.6) is 0 Å². The Kier molecular flexibility index (Phi) is 4.27. The maximum Gasteiger partial charge on any atom is 0.337 e. The van der Waals surface area contributed by atoms with E-state index in [2.05, 4.69) is 0 Å². The molecule has 2 atom stereocenters. The Bertz CT molecular complexity index is 703. The number of hydrogen-bond donors (Lipinski definition) is 1. The van der Waals surface area contributed by atoms with Crippen LogP contribution in [-0.2, 0) is 19.1 Å². The van der Waals surface area contributed by atoms with Crippen molar-refractivity contribution in [2.45, 2.75) is 25.6 Å². The van der Waals surface area contributed by atoms with Crippen LogP contribution in [0.2, 0.25) is 0 Å². The van der Waals surface area contributed by atoms with E-state index in [1.807, 2.05) is 0 Å². The number of amides is 1. The summed E-state index contributed by atoms with van der Waals surface area (Å²) in [6, 6.07) is 9.95. The summed E-state index contributed by atoms with van der Waals surface area (Å²) in [6.45, 7) is 2.82. The quantitative estimate of drug-likeness (QED) is 0.795. The lowest BCUT2D eigenvalue weighted by molar-refractivity contribution is -0.394. The monoisotopic (exact) mass is 315 g/mol. The molecule has 0 saturated heterocycles. The van der Waals surface area contributed by atoms with Crippen molar-refractivity contribution >= 4 is 11.9 Å². The molecule has 0 aromatic heterocycles. The van der Waals surface area contributed by atoms with Gasteiger partial charge in [0, 0.05) is 5.92 Å². The van der Waals surface area contributed by atoms with Crippen molar-refractivity contribution in [3.8, 4) is 6.07 Å². The van der Waals surface area contributed by atoms with E-state index in [1.165, 1.54) is 13.8 Å². The summed E-state index contributed by atoms with van der Waals surface area (Å²) in [5.74, 6) is -6.78. The SMILES string of the molecule is CC1(C)OC(=O)C(C(c2ccccc2)C(C#N)C(N)=O)=C([O-])O1. The van der Waals surface area contributed by atoms with Gasteiger partial charge in [-0.05, 0) is 19.4 Å². The number of nitrogens with two attached hydrogens (primary N) is 1. The van der Waals surface area contributed by atoms with Crippen molar-refractivity contribution in [2.75, 3.05) is 0 Å². The zero-order valence-corrected chi connectivity index (χ0v) is 12.6. The number of rotatable bonds is 4. The Morgan fingerprint density at radius 1 is 1.30 bits per heavy atom. The van der Waals surface area contributed by atoms with Gasteiger partial charge in [0.1, 0.15) is 5.92 Å². The fourth-order valence-corrected chi connectivity index (χ4v) is 2.40. The van der Waals surface area contributed by atoms with E-state index in [0.29, 0.717) is 5.56 Å². The summed E-state index contributed by atoms with van der Waals surface area (Å²) in [7, 11) is 0. The fourth-order valence-electron chi connectivity index (χ4n) is 2.40. The highest BCUT2D eigenvalue weighted by Gasteiger charge is 2.40. The number of esters is 1. The van der Waals surface area contributed by atoms with Crippen molar-refractivity contribution in [3.63, 3.8) is 0 Å². The van der Waals surface area contributed by atoms with Gasteiger partial charge in [-0.2, -0.15) is 5.26 Å². The number of benzene rings is 1. The van der Waals surface area contributed by atoms with E-state index in [9.17, 15) is 20.0 Å². The van der Waals surface area contributed by atoms with E-state index in [0.717, 1.165) is 0 Å². The summed E-state index contributed by atoms with van der Waals surface area (Å²) in [5, 5.41) is 21.5. The second-order valence-electron chi connectivity index (χ2n) is 5.49. The van der Waals surface area contributed by atoms with Gasteiger partial charge < -0.3 is 20.3 Å². The molecule has 1 aliphatic heterocycles. The molecule has 0 aliphatic carbocycles. The van der Waals surface area contributed by atoms with Gasteiger partial charge >= 0.3 is 5.97 Å². The number of nitrogens with zero attached hydrogens (tertiary/aromatic N) is 1. The molecule has 1 aromatic rings. The molecule has 7 heteroatoms. The van der Waals surface area contributed by atoms with Crippen LogP contribution in [-0.4, -0.2) is 17.7 Å². The second-order valence-corrected chi connectivity index (χ2v) is 5.49. The summed E-state index contributed by atoms with van der Waals surface area (Å²) >= 11 is 0. The lowest BCUT2D eigenvalue weighted by atomic mass is 9.80. The van der Waals surface area contributed by atoms with E-state index < -0.39 is 41.0 Å². The first-order valence-electron chi connectivity index (χ1n) is 6.84. The van der Waals surface area contributed by atoms with Gasteiger partial charge in [-0.1, -0.05) is 30.3 Å². The molecule has 1 aliphatic rings. The van der Waals surface area contributed by atoms with E-state index in [-0.39, 0.29) is 0 Å². The van der Waals surface area contributed by atoms with Gasteiger partial charge in [0.25, 0.3) is 0 Å². The molecule has 1 amide bonds. The number of carbonyl (C=O) groups is 2. The summed E-state index contributed by atoms with van der Waals surface area (Å²) in [6.07, 6.45) is 0. The molecule has 1 aromatic carbocycles. The number of cyclic esters (lactones) is 1. The molecular formula is C16H15N2O5-. The lowest BCUT2D eigenvalue weighted by Crippen LogP contribution is -2.43. The number of carbonyl (C=O) groups excluding carboxylic acids is 2. The molecule has 2 unspecified atom stereocenters. The van der Waals surface area contributed by atoms with Crippen LogP contribution in [0.4, 0.5) is 0 Å². The first kappa shape index (κ1) is 16.4. The number of hydrogen-bond acceptors (Lipinski definition) is 6. The minimum absolute atomic E-state index is 0.416. The van der Waals surface area contributed by atoms with Crippen LogP contribution >= 0.6 is 0 Å². The maximum absolute atomic E-state index is 12.3. The standard InChI is InChI=1S/C16H16N2O5/c1-16(2)22-14(20)12(15(21)23-16)11(10(8-17)13(18)19)9-6-4-3-5-7-9/h3-7,10-11,20H,1-2H3,(H2,18,19)/p-1.